The van der Waals surface area contributed by atoms with Crippen LogP contribution in [0.5, 0.6) is 0 Å². The van der Waals surface area contributed by atoms with Crippen LogP contribution in [0.1, 0.15) is 37.7 Å². The summed E-state index contributed by atoms with van der Waals surface area (Å²) in [5.74, 6) is 2.78. The first-order valence-electron chi connectivity index (χ1n) is 6.31. The Morgan fingerprint density at radius 2 is 2.12 bits per heavy atom. The van der Waals surface area contributed by atoms with Crippen molar-refractivity contribution in [1.82, 2.24) is 10.2 Å². The van der Waals surface area contributed by atoms with Crippen molar-refractivity contribution in [2.45, 2.75) is 32.7 Å². The van der Waals surface area contributed by atoms with E-state index in [1.54, 1.807) is 0 Å². The Balaban J connectivity index is 1.91. The van der Waals surface area contributed by atoms with Crippen molar-refractivity contribution in [3.05, 3.63) is 23.7 Å². The molecule has 3 nitrogen and oxygen atoms in total. The minimum Gasteiger partial charge on any atom is -0.464 e. The van der Waals surface area contributed by atoms with Crippen LogP contribution in [-0.2, 0) is 6.54 Å². The molecule has 0 amide bonds. The Morgan fingerprint density at radius 3 is 2.81 bits per heavy atom. The number of hydrogen-bond donors (Lipinski definition) is 1. The van der Waals surface area contributed by atoms with Gasteiger partial charge in [0.25, 0.3) is 0 Å². The van der Waals surface area contributed by atoms with Crippen LogP contribution in [0.3, 0.4) is 0 Å². The average Bonchev–Trinajstić information content (AvgIpc) is 2.78. The number of hydrogen-bond acceptors (Lipinski definition) is 3. The summed E-state index contributed by atoms with van der Waals surface area (Å²) in [4.78, 5) is 2.44. The molecule has 2 rings (SSSR count). The number of rotatable bonds is 4. The normalized spacial score (nSPS) is 19.9. The fraction of sp³-hybridized carbons (Fsp3) is 0.692. The van der Waals surface area contributed by atoms with E-state index in [4.69, 9.17) is 4.42 Å². The smallest absolute Gasteiger partial charge is 0.118 e. The fourth-order valence-corrected chi connectivity index (χ4v) is 2.04. The van der Waals surface area contributed by atoms with Crippen LogP contribution in [-0.4, -0.2) is 31.1 Å². The maximum atomic E-state index is 5.88. The zero-order valence-electron chi connectivity index (χ0n) is 10.3. The van der Waals surface area contributed by atoms with Gasteiger partial charge in [-0.15, -0.1) is 0 Å². The highest BCUT2D eigenvalue weighted by molar-refractivity contribution is 5.10. The van der Waals surface area contributed by atoms with Crippen LogP contribution in [0.2, 0.25) is 0 Å². The molecule has 1 unspecified atom stereocenters. The predicted octanol–water partition coefficient (Wildman–Crippen LogP) is 2.20. The second-order valence-electron chi connectivity index (χ2n) is 4.64. The molecule has 2 heterocycles. The van der Waals surface area contributed by atoms with Gasteiger partial charge in [-0.05, 0) is 18.6 Å². The van der Waals surface area contributed by atoms with Gasteiger partial charge in [0.15, 0.2) is 0 Å². The summed E-state index contributed by atoms with van der Waals surface area (Å²) in [7, 11) is 0. The van der Waals surface area contributed by atoms with E-state index in [-0.39, 0.29) is 0 Å². The lowest BCUT2D eigenvalue weighted by Crippen LogP contribution is -2.42. The van der Waals surface area contributed by atoms with Crippen LogP contribution >= 0.6 is 0 Å². The molecule has 1 aliphatic heterocycles. The van der Waals surface area contributed by atoms with Crippen molar-refractivity contribution in [2.75, 3.05) is 26.2 Å². The molecule has 0 bridgehead atoms. The summed E-state index contributed by atoms with van der Waals surface area (Å²) in [5, 5.41) is 3.36. The van der Waals surface area contributed by atoms with Gasteiger partial charge in [-0.2, -0.15) is 0 Å². The summed E-state index contributed by atoms with van der Waals surface area (Å²) < 4.78 is 5.88. The quantitative estimate of drug-likeness (QED) is 0.846. The van der Waals surface area contributed by atoms with Crippen molar-refractivity contribution in [3.63, 3.8) is 0 Å². The van der Waals surface area contributed by atoms with E-state index in [1.807, 2.05) is 0 Å². The number of nitrogens with one attached hydrogen (secondary N) is 1. The molecule has 3 heteroatoms. The molecule has 0 saturated carbocycles. The van der Waals surface area contributed by atoms with Gasteiger partial charge in [0.2, 0.25) is 0 Å². The minimum atomic E-state index is 0.539. The van der Waals surface area contributed by atoms with E-state index in [9.17, 15) is 0 Å². The molecule has 0 aromatic carbocycles. The van der Waals surface area contributed by atoms with Crippen LogP contribution < -0.4 is 5.32 Å². The van der Waals surface area contributed by atoms with Crippen LogP contribution in [0, 0.1) is 0 Å². The van der Waals surface area contributed by atoms with Crippen molar-refractivity contribution in [3.8, 4) is 0 Å². The molecule has 0 radical (unpaired) electrons. The summed E-state index contributed by atoms with van der Waals surface area (Å²) in [6.45, 7) is 9.81. The maximum absolute atomic E-state index is 5.88. The highest BCUT2D eigenvalue weighted by Crippen LogP contribution is 2.21. The van der Waals surface area contributed by atoms with E-state index in [1.165, 1.54) is 0 Å². The first kappa shape index (κ1) is 11.7. The van der Waals surface area contributed by atoms with Crippen LogP contribution in [0.15, 0.2) is 16.5 Å². The lowest BCUT2D eigenvalue weighted by molar-refractivity contribution is 0.213. The van der Waals surface area contributed by atoms with E-state index >= 15 is 0 Å². The van der Waals surface area contributed by atoms with Gasteiger partial charge < -0.3 is 9.73 Å². The molecule has 1 saturated heterocycles. The predicted molar refractivity (Wildman–Crippen MR) is 65.6 cm³/mol. The Bertz CT molecular complexity index is 315. The Kier molecular flexibility index (Phi) is 4.02. The van der Waals surface area contributed by atoms with E-state index < -0.39 is 0 Å². The average molecular weight is 222 g/mol. The maximum Gasteiger partial charge on any atom is 0.118 e. The Morgan fingerprint density at radius 1 is 1.38 bits per heavy atom. The highest BCUT2D eigenvalue weighted by Gasteiger charge is 2.13. The van der Waals surface area contributed by atoms with Gasteiger partial charge in [-0.3, -0.25) is 4.90 Å². The third kappa shape index (κ3) is 2.86. The zero-order chi connectivity index (χ0) is 11.4. The molecule has 1 aliphatic rings. The molecule has 90 valence electrons. The van der Waals surface area contributed by atoms with E-state index in [0.717, 1.165) is 50.7 Å². The second-order valence-corrected chi connectivity index (χ2v) is 4.64. The number of nitrogens with zero attached hydrogens (tertiary/aromatic N) is 1. The molecule has 1 atom stereocenters. The van der Waals surface area contributed by atoms with Gasteiger partial charge in [-0.1, -0.05) is 13.8 Å². The van der Waals surface area contributed by atoms with Gasteiger partial charge in [0.1, 0.15) is 11.5 Å². The molecule has 1 N–H and O–H groups in total. The monoisotopic (exact) mass is 222 g/mol. The van der Waals surface area contributed by atoms with E-state index in [2.05, 4.69) is 36.2 Å². The molecule has 1 aromatic rings. The number of piperazine rings is 1. The minimum absolute atomic E-state index is 0.539. The van der Waals surface area contributed by atoms with Gasteiger partial charge in [0.05, 0.1) is 6.54 Å². The van der Waals surface area contributed by atoms with Crippen molar-refractivity contribution >= 4 is 0 Å². The van der Waals surface area contributed by atoms with Crippen molar-refractivity contribution in [1.29, 1.82) is 0 Å². The molecule has 16 heavy (non-hydrogen) atoms. The lowest BCUT2D eigenvalue weighted by Gasteiger charge is -2.26. The number of furan rings is 1. The standard InChI is InChI=1S/C13H22N2O/c1-3-11(2)13-5-4-12(16-13)10-15-8-6-14-7-9-15/h4-5,11,14H,3,6-10H2,1-2H3. The van der Waals surface area contributed by atoms with Gasteiger partial charge in [0, 0.05) is 32.1 Å². The first-order chi connectivity index (χ1) is 7.79. The van der Waals surface area contributed by atoms with Crippen LogP contribution in [0.25, 0.3) is 0 Å². The Hall–Kier alpha value is -0.800. The lowest BCUT2D eigenvalue weighted by atomic mass is 10.1. The summed E-state index contributed by atoms with van der Waals surface area (Å²) in [6.07, 6.45) is 1.14. The third-order valence-electron chi connectivity index (χ3n) is 3.37. The first-order valence-corrected chi connectivity index (χ1v) is 6.31. The molecule has 0 aliphatic carbocycles. The second kappa shape index (κ2) is 5.51. The molecular formula is C13H22N2O. The fourth-order valence-electron chi connectivity index (χ4n) is 2.04. The van der Waals surface area contributed by atoms with Crippen molar-refractivity contribution in [2.24, 2.45) is 0 Å². The molecular weight excluding hydrogens is 200 g/mol. The van der Waals surface area contributed by atoms with Gasteiger partial charge >= 0.3 is 0 Å². The largest absolute Gasteiger partial charge is 0.464 e. The summed E-state index contributed by atoms with van der Waals surface area (Å²) >= 11 is 0. The zero-order valence-corrected chi connectivity index (χ0v) is 10.3. The molecule has 0 spiro atoms. The van der Waals surface area contributed by atoms with Gasteiger partial charge in [-0.25, -0.2) is 0 Å². The molecule has 1 aromatic heterocycles. The van der Waals surface area contributed by atoms with Crippen LogP contribution in [0.4, 0.5) is 0 Å². The SMILES string of the molecule is CCC(C)c1ccc(CN2CCNCC2)o1. The summed E-state index contributed by atoms with van der Waals surface area (Å²) in [6, 6.07) is 4.26. The topological polar surface area (TPSA) is 28.4 Å². The molecule has 1 fully saturated rings. The van der Waals surface area contributed by atoms with E-state index in [0.29, 0.717) is 5.92 Å². The Labute approximate surface area is 97.8 Å². The highest BCUT2D eigenvalue weighted by atomic mass is 16.3. The third-order valence-corrected chi connectivity index (χ3v) is 3.37. The van der Waals surface area contributed by atoms with Crippen molar-refractivity contribution < 1.29 is 4.42 Å². The summed E-state index contributed by atoms with van der Waals surface area (Å²) in [5.41, 5.74) is 0.